The number of benzene rings is 1. The normalized spacial score (nSPS) is 9.95. The number of methoxy groups -OCH3 is 1. The van der Waals surface area contributed by atoms with Crippen LogP contribution in [0.1, 0.15) is 11.1 Å². The summed E-state index contributed by atoms with van der Waals surface area (Å²) < 4.78 is 12.7. The van der Waals surface area contributed by atoms with Crippen LogP contribution in [0.25, 0.3) is 0 Å². The first-order valence-electron chi connectivity index (χ1n) is 5.93. The molecule has 1 heterocycles. The summed E-state index contributed by atoms with van der Waals surface area (Å²) in [6.45, 7) is 3.15. The number of ether oxygens (including phenoxy) is 2. The molecule has 1 aromatic heterocycles. The van der Waals surface area contributed by atoms with Gasteiger partial charge >= 0.3 is 0 Å². The van der Waals surface area contributed by atoms with Crippen molar-refractivity contribution in [2.45, 2.75) is 13.5 Å². The average Bonchev–Trinajstić information content (AvgIpc) is 2.84. The molecule has 0 saturated heterocycles. The van der Waals surface area contributed by atoms with Gasteiger partial charge in [-0.25, -0.2) is 0 Å². The third-order valence-electron chi connectivity index (χ3n) is 2.63. The number of hydrogen-bond acceptors (Lipinski definition) is 4. The maximum atomic E-state index is 8.82. The highest BCUT2D eigenvalue weighted by molar-refractivity contribution is 5.46. The van der Waals surface area contributed by atoms with Gasteiger partial charge in [0.05, 0.1) is 31.5 Å². The van der Waals surface area contributed by atoms with E-state index < -0.39 is 0 Å². The van der Waals surface area contributed by atoms with Crippen molar-refractivity contribution in [3.8, 4) is 17.6 Å². The molecule has 5 heteroatoms. The fraction of sp³-hybridized carbons (Fsp3) is 0.286. The Hall–Kier alpha value is -2.48. The second-order valence-electron chi connectivity index (χ2n) is 4.11. The van der Waals surface area contributed by atoms with Gasteiger partial charge in [0, 0.05) is 12.3 Å². The maximum Gasteiger partial charge on any atom is 0.162 e. The molecule has 19 heavy (non-hydrogen) atoms. The molecule has 0 aliphatic carbocycles. The molecule has 0 N–H and O–H groups in total. The standard InChI is InChI=1S/C14H15N3O2/c1-11-9-16-17(10-11)5-6-19-13-4-3-12(8-15)7-14(13)18-2/h3-4,7,9-10H,5-6H2,1-2H3. The predicted molar refractivity (Wildman–Crippen MR) is 70.2 cm³/mol. The summed E-state index contributed by atoms with van der Waals surface area (Å²) in [7, 11) is 1.56. The van der Waals surface area contributed by atoms with Crippen LogP contribution in [0, 0.1) is 18.3 Å². The van der Waals surface area contributed by atoms with Crippen LogP contribution in [-0.4, -0.2) is 23.5 Å². The Bertz CT molecular complexity index is 599. The number of aromatic nitrogens is 2. The third kappa shape index (κ3) is 3.26. The van der Waals surface area contributed by atoms with Gasteiger partial charge in [-0.15, -0.1) is 0 Å². The molecule has 0 unspecified atom stereocenters. The lowest BCUT2D eigenvalue weighted by Gasteiger charge is -2.10. The third-order valence-corrected chi connectivity index (χ3v) is 2.63. The second kappa shape index (κ2) is 5.91. The lowest BCUT2D eigenvalue weighted by atomic mass is 10.2. The molecule has 0 spiro atoms. The van der Waals surface area contributed by atoms with Crippen molar-refractivity contribution in [2.24, 2.45) is 0 Å². The Morgan fingerprint density at radius 2 is 2.21 bits per heavy atom. The monoisotopic (exact) mass is 257 g/mol. The molecular formula is C14H15N3O2. The van der Waals surface area contributed by atoms with Gasteiger partial charge in [-0.05, 0) is 24.6 Å². The van der Waals surface area contributed by atoms with E-state index >= 15 is 0 Å². The highest BCUT2D eigenvalue weighted by Crippen LogP contribution is 2.27. The lowest BCUT2D eigenvalue weighted by molar-refractivity contribution is 0.274. The van der Waals surface area contributed by atoms with Gasteiger partial charge in [-0.2, -0.15) is 10.4 Å². The quantitative estimate of drug-likeness (QED) is 0.823. The molecule has 0 bridgehead atoms. The van der Waals surface area contributed by atoms with Crippen molar-refractivity contribution in [2.75, 3.05) is 13.7 Å². The Morgan fingerprint density at radius 1 is 1.37 bits per heavy atom. The first kappa shape index (κ1) is 13.0. The molecule has 0 radical (unpaired) electrons. The topological polar surface area (TPSA) is 60.1 Å². The average molecular weight is 257 g/mol. The summed E-state index contributed by atoms with van der Waals surface area (Å²) in [5.41, 5.74) is 1.67. The molecule has 0 saturated carbocycles. The molecular weight excluding hydrogens is 242 g/mol. The number of nitriles is 1. The van der Waals surface area contributed by atoms with Crippen molar-refractivity contribution in [3.05, 3.63) is 41.7 Å². The van der Waals surface area contributed by atoms with E-state index in [1.165, 1.54) is 0 Å². The zero-order valence-corrected chi connectivity index (χ0v) is 11.0. The minimum absolute atomic E-state index is 0.489. The van der Waals surface area contributed by atoms with E-state index in [9.17, 15) is 0 Å². The van der Waals surface area contributed by atoms with Crippen molar-refractivity contribution < 1.29 is 9.47 Å². The SMILES string of the molecule is COc1cc(C#N)ccc1OCCn1cc(C)cn1. The predicted octanol–water partition coefficient (Wildman–Crippen LogP) is 2.15. The van der Waals surface area contributed by atoms with E-state index in [1.54, 1.807) is 25.3 Å². The van der Waals surface area contributed by atoms with Crippen LogP contribution in [0.4, 0.5) is 0 Å². The largest absolute Gasteiger partial charge is 0.493 e. The molecule has 0 atom stereocenters. The van der Waals surface area contributed by atoms with Gasteiger partial charge in [-0.3, -0.25) is 4.68 Å². The highest BCUT2D eigenvalue weighted by Gasteiger charge is 2.05. The Labute approximate surface area is 112 Å². The van der Waals surface area contributed by atoms with E-state index in [0.29, 0.717) is 30.2 Å². The molecule has 1 aromatic carbocycles. The van der Waals surface area contributed by atoms with Gasteiger partial charge < -0.3 is 9.47 Å². The van der Waals surface area contributed by atoms with Crippen molar-refractivity contribution in [1.82, 2.24) is 9.78 Å². The van der Waals surface area contributed by atoms with E-state index in [1.807, 2.05) is 24.0 Å². The summed E-state index contributed by atoms with van der Waals surface area (Å²) >= 11 is 0. The second-order valence-corrected chi connectivity index (χ2v) is 4.11. The zero-order chi connectivity index (χ0) is 13.7. The van der Waals surface area contributed by atoms with Gasteiger partial charge in [0.25, 0.3) is 0 Å². The Morgan fingerprint density at radius 3 is 2.84 bits per heavy atom. The highest BCUT2D eigenvalue weighted by atomic mass is 16.5. The molecule has 0 aliphatic heterocycles. The molecule has 0 aliphatic rings. The summed E-state index contributed by atoms with van der Waals surface area (Å²) in [4.78, 5) is 0. The molecule has 2 aromatic rings. The molecule has 0 amide bonds. The van der Waals surface area contributed by atoms with Crippen LogP contribution in [0.5, 0.6) is 11.5 Å². The molecule has 2 rings (SSSR count). The van der Waals surface area contributed by atoms with Crippen LogP contribution < -0.4 is 9.47 Å². The minimum Gasteiger partial charge on any atom is -0.493 e. The summed E-state index contributed by atoms with van der Waals surface area (Å²) in [5, 5.41) is 13.0. The van der Waals surface area contributed by atoms with E-state index in [2.05, 4.69) is 11.2 Å². The van der Waals surface area contributed by atoms with Crippen LogP contribution in [0.15, 0.2) is 30.6 Å². The minimum atomic E-state index is 0.489. The van der Waals surface area contributed by atoms with Gasteiger partial charge in [0.2, 0.25) is 0 Å². The van der Waals surface area contributed by atoms with Gasteiger partial charge in [0.1, 0.15) is 6.61 Å². The van der Waals surface area contributed by atoms with E-state index in [0.717, 1.165) is 5.56 Å². The van der Waals surface area contributed by atoms with E-state index in [-0.39, 0.29) is 0 Å². The van der Waals surface area contributed by atoms with Crippen LogP contribution >= 0.6 is 0 Å². The number of nitrogens with zero attached hydrogens (tertiary/aromatic N) is 3. The van der Waals surface area contributed by atoms with Crippen LogP contribution in [-0.2, 0) is 6.54 Å². The summed E-state index contributed by atoms with van der Waals surface area (Å²) in [5.74, 6) is 1.20. The lowest BCUT2D eigenvalue weighted by Crippen LogP contribution is -2.09. The number of aryl methyl sites for hydroxylation is 1. The van der Waals surface area contributed by atoms with Gasteiger partial charge in [0.15, 0.2) is 11.5 Å². The fourth-order valence-electron chi connectivity index (χ4n) is 1.69. The smallest absolute Gasteiger partial charge is 0.162 e. The fourth-order valence-corrected chi connectivity index (χ4v) is 1.69. The maximum absolute atomic E-state index is 8.82. The molecule has 5 nitrogen and oxygen atoms in total. The summed E-state index contributed by atoms with van der Waals surface area (Å²) in [6.07, 6.45) is 3.77. The number of rotatable bonds is 5. The molecule has 98 valence electrons. The number of hydrogen-bond donors (Lipinski definition) is 0. The van der Waals surface area contributed by atoms with Crippen LogP contribution in [0.3, 0.4) is 0 Å². The Balaban J connectivity index is 1.97. The first-order valence-corrected chi connectivity index (χ1v) is 5.93. The molecule has 0 fully saturated rings. The van der Waals surface area contributed by atoms with E-state index in [4.69, 9.17) is 14.7 Å². The van der Waals surface area contributed by atoms with Crippen molar-refractivity contribution in [3.63, 3.8) is 0 Å². The van der Waals surface area contributed by atoms with Crippen LogP contribution in [0.2, 0.25) is 0 Å². The van der Waals surface area contributed by atoms with Gasteiger partial charge in [-0.1, -0.05) is 0 Å². The summed E-state index contributed by atoms with van der Waals surface area (Å²) in [6, 6.07) is 7.17. The Kier molecular flexibility index (Phi) is 4.04. The van der Waals surface area contributed by atoms with Crippen molar-refractivity contribution in [1.29, 1.82) is 5.26 Å². The zero-order valence-electron chi connectivity index (χ0n) is 11.0. The van der Waals surface area contributed by atoms with Crippen molar-refractivity contribution >= 4 is 0 Å². The first-order chi connectivity index (χ1) is 9.22.